The summed E-state index contributed by atoms with van der Waals surface area (Å²) in [6, 6.07) is 29.0. The SMILES string of the molecule is COc1cc(C=Nc2ccc([C@@H]3Nc4ccccc4[C@@H]4C=CC[C@@H]43)cc2)cc(Br)c1OCc1ccc(Cl)cc1. The van der Waals surface area contributed by atoms with Crippen LogP contribution in [0.1, 0.15) is 40.6 Å². The van der Waals surface area contributed by atoms with Gasteiger partial charge in [0.25, 0.3) is 0 Å². The number of allylic oxidation sites excluding steroid dienone is 2. The number of anilines is 1. The minimum absolute atomic E-state index is 0.276. The summed E-state index contributed by atoms with van der Waals surface area (Å²) in [5.74, 6) is 2.28. The van der Waals surface area contributed by atoms with Crippen LogP contribution in [0.25, 0.3) is 0 Å². The number of hydrogen-bond acceptors (Lipinski definition) is 4. The van der Waals surface area contributed by atoms with Crippen LogP contribution in [0.5, 0.6) is 11.5 Å². The van der Waals surface area contributed by atoms with Crippen LogP contribution in [0, 0.1) is 5.92 Å². The van der Waals surface area contributed by atoms with Crippen LogP contribution in [-0.4, -0.2) is 13.3 Å². The van der Waals surface area contributed by atoms with Gasteiger partial charge in [0.2, 0.25) is 0 Å². The highest BCUT2D eigenvalue weighted by Crippen LogP contribution is 2.49. The Morgan fingerprint density at radius 2 is 1.82 bits per heavy atom. The molecule has 2 aliphatic rings. The van der Waals surface area contributed by atoms with Crippen molar-refractivity contribution in [3.63, 3.8) is 0 Å². The first kappa shape index (κ1) is 25.7. The fourth-order valence-electron chi connectivity index (χ4n) is 5.48. The van der Waals surface area contributed by atoms with Crippen LogP contribution in [0.2, 0.25) is 5.02 Å². The Bertz CT molecular complexity index is 1530. The zero-order valence-electron chi connectivity index (χ0n) is 21.5. The van der Waals surface area contributed by atoms with Crippen molar-refractivity contribution in [2.24, 2.45) is 10.9 Å². The number of halogens is 2. The van der Waals surface area contributed by atoms with E-state index in [1.807, 2.05) is 42.6 Å². The first-order valence-corrected chi connectivity index (χ1v) is 14.2. The molecule has 0 aromatic heterocycles. The minimum Gasteiger partial charge on any atom is -0.493 e. The van der Waals surface area contributed by atoms with E-state index in [2.05, 4.69) is 81.9 Å². The van der Waals surface area contributed by atoms with Gasteiger partial charge in [-0.1, -0.05) is 66.2 Å². The average molecular weight is 600 g/mol. The van der Waals surface area contributed by atoms with Crippen molar-refractivity contribution in [1.82, 2.24) is 0 Å². The largest absolute Gasteiger partial charge is 0.493 e. The number of para-hydroxylation sites is 1. The number of aliphatic imine (C=N–C) groups is 1. The molecule has 1 heterocycles. The van der Waals surface area contributed by atoms with E-state index in [1.165, 1.54) is 16.8 Å². The van der Waals surface area contributed by atoms with Crippen molar-refractivity contribution in [2.75, 3.05) is 12.4 Å². The predicted molar refractivity (Wildman–Crippen MR) is 163 cm³/mol. The molecule has 39 heavy (non-hydrogen) atoms. The summed E-state index contributed by atoms with van der Waals surface area (Å²) >= 11 is 9.62. The van der Waals surface area contributed by atoms with E-state index in [4.69, 9.17) is 26.1 Å². The van der Waals surface area contributed by atoms with Gasteiger partial charge in [0, 0.05) is 22.8 Å². The van der Waals surface area contributed by atoms with E-state index < -0.39 is 0 Å². The second-order valence-electron chi connectivity index (χ2n) is 9.86. The number of hydrogen-bond donors (Lipinski definition) is 1. The molecule has 196 valence electrons. The molecule has 0 bridgehead atoms. The van der Waals surface area contributed by atoms with Gasteiger partial charge in [-0.2, -0.15) is 0 Å². The molecule has 0 amide bonds. The van der Waals surface area contributed by atoms with Crippen molar-refractivity contribution in [3.05, 3.63) is 129 Å². The van der Waals surface area contributed by atoms with Crippen LogP contribution >= 0.6 is 27.5 Å². The molecule has 0 spiro atoms. The Balaban J connectivity index is 1.16. The van der Waals surface area contributed by atoms with Crippen molar-refractivity contribution < 1.29 is 9.47 Å². The lowest BCUT2D eigenvalue weighted by Gasteiger charge is -2.37. The number of nitrogens with one attached hydrogen (secondary N) is 1. The number of fused-ring (bicyclic) bond motifs is 3. The summed E-state index contributed by atoms with van der Waals surface area (Å²) in [6.07, 6.45) is 7.63. The van der Waals surface area contributed by atoms with E-state index in [0.29, 0.717) is 35.0 Å². The van der Waals surface area contributed by atoms with E-state index in [1.54, 1.807) is 7.11 Å². The molecular weight excluding hydrogens is 572 g/mol. The normalized spacial score (nSPS) is 19.4. The molecule has 6 heteroatoms. The summed E-state index contributed by atoms with van der Waals surface area (Å²) < 4.78 is 12.5. The van der Waals surface area contributed by atoms with Gasteiger partial charge in [-0.15, -0.1) is 0 Å². The van der Waals surface area contributed by atoms with Crippen LogP contribution in [-0.2, 0) is 6.61 Å². The molecule has 1 aliphatic carbocycles. The third-order valence-electron chi connectivity index (χ3n) is 7.44. The van der Waals surface area contributed by atoms with Gasteiger partial charge in [-0.25, -0.2) is 0 Å². The molecular formula is C33H28BrClN2O2. The van der Waals surface area contributed by atoms with Gasteiger partial charge in [0.1, 0.15) is 6.61 Å². The maximum absolute atomic E-state index is 6.06. The number of rotatable bonds is 7. The molecule has 0 saturated carbocycles. The number of benzene rings is 4. The second kappa shape index (κ2) is 11.3. The Hall–Kier alpha value is -3.54. The molecule has 3 atom stereocenters. The molecule has 4 nitrogen and oxygen atoms in total. The lowest BCUT2D eigenvalue weighted by molar-refractivity contribution is 0.282. The minimum atomic E-state index is 0.276. The quantitative estimate of drug-likeness (QED) is 0.170. The molecule has 0 unspecified atom stereocenters. The van der Waals surface area contributed by atoms with Crippen LogP contribution < -0.4 is 14.8 Å². The third-order valence-corrected chi connectivity index (χ3v) is 8.28. The Kier molecular flexibility index (Phi) is 7.45. The zero-order chi connectivity index (χ0) is 26.8. The Labute approximate surface area is 242 Å². The van der Waals surface area contributed by atoms with Gasteiger partial charge in [0.05, 0.1) is 23.3 Å². The summed E-state index contributed by atoms with van der Waals surface area (Å²) in [7, 11) is 1.64. The first-order chi connectivity index (χ1) is 19.1. The molecule has 0 saturated heterocycles. The van der Waals surface area contributed by atoms with Crippen molar-refractivity contribution in [2.45, 2.75) is 25.0 Å². The topological polar surface area (TPSA) is 42.8 Å². The lowest BCUT2D eigenvalue weighted by Crippen LogP contribution is -2.28. The van der Waals surface area contributed by atoms with Gasteiger partial charge < -0.3 is 14.8 Å². The number of ether oxygens (including phenoxy) is 2. The lowest BCUT2D eigenvalue weighted by atomic mass is 9.77. The van der Waals surface area contributed by atoms with Crippen LogP contribution in [0.15, 0.2) is 107 Å². The molecule has 4 aromatic carbocycles. The second-order valence-corrected chi connectivity index (χ2v) is 11.2. The van der Waals surface area contributed by atoms with Crippen molar-refractivity contribution in [3.8, 4) is 11.5 Å². The predicted octanol–water partition coefficient (Wildman–Crippen LogP) is 9.27. The molecule has 6 rings (SSSR count). The van der Waals surface area contributed by atoms with E-state index >= 15 is 0 Å². The van der Waals surface area contributed by atoms with Gasteiger partial charge in [-0.3, -0.25) is 4.99 Å². The number of methoxy groups -OCH3 is 1. The van der Waals surface area contributed by atoms with E-state index in [-0.39, 0.29) is 6.04 Å². The van der Waals surface area contributed by atoms with E-state index in [0.717, 1.165) is 27.7 Å². The molecule has 0 fully saturated rings. The summed E-state index contributed by atoms with van der Waals surface area (Å²) in [5.41, 5.74) is 6.75. The van der Waals surface area contributed by atoms with Crippen molar-refractivity contribution in [1.29, 1.82) is 0 Å². The maximum Gasteiger partial charge on any atom is 0.175 e. The van der Waals surface area contributed by atoms with Crippen LogP contribution in [0.3, 0.4) is 0 Å². The monoisotopic (exact) mass is 598 g/mol. The highest BCUT2D eigenvalue weighted by atomic mass is 79.9. The first-order valence-electron chi connectivity index (χ1n) is 13.0. The molecule has 0 radical (unpaired) electrons. The standard InChI is InChI=1S/C33H28BrClN2O2/c1-38-31-18-22(17-29(34)33(31)39-20-21-9-13-24(35)14-10-21)19-36-25-15-11-23(12-16-25)32-28-7-4-6-26(28)27-5-2-3-8-30(27)37-32/h2-6,8-19,26,28,32,37H,7,20H2,1H3/t26-,28-,32-/m0/s1. The highest BCUT2D eigenvalue weighted by Gasteiger charge is 2.37. The zero-order valence-corrected chi connectivity index (χ0v) is 23.8. The molecule has 1 aliphatic heterocycles. The van der Waals surface area contributed by atoms with Gasteiger partial charge >= 0.3 is 0 Å². The smallest absolute Gasteiger partial charge is 0.175 e. The molecule has 1 N–H and O–H groups in total. The van der Waals surface area contributed by atoms with Crippen LogP contribution in [0.4, 0.5) is 11.4 Å². The summed E-state index contributed by atoms with van der Waals surface area (Å²) in [6.45, 7) is 0.408. The maximum atomic E-state index is 6.06. The summed E-state index contributed by atoms with van der Waals surface area (Å²) in [4.78, 5) is 4.73. The third kappa shape index (κ3) is 5.47. The van der Waals surface area contributed by atoms with Crippen molar-refractivity contribution >= 4 is 45.1 Å². The average Bonchev–Trinajstić information content (AvgIpc) is 3.46. The van der Waals surface area contributed by atoms with E-state index in [9.17, 15) is 0 Å². The van der Waals surface area contributed by atoms with Gasteiger partial charge in [0.15, 0.2) is 11.5 Å². The summed E-state index contributed by atoms with van der Waals surface area (Å²) in [5, 5.41) is 4.49. The fraction of sp³-hybridized carbons (Fsp3) is 0.182. The Morgan fingerprint density at radius 3 is 2.62 bits per heavy atom. The van der Waals surface area contributed by atoms with Gasteiger partial charge in [-0.05, 0) is 93.0 Å². The number of nitrogens with zero attached hydrogens (tertiary/aromatic N) is 1. The fourth-order valence-corrected chi connectivity index (χ4v) is 6.18. The Morgan fingerprint density at radius 1 is 1.03 bits per heavy atom. The molecule has 4 aromatic rings. The highest BCUT2D eigenvalue weighted by molar-refractivity contribution is 9.10.